The molecular weight excluding hydrogens is 392 g/mol. The Morgan fingerprint density at radius 1 is 1.26 bits per heavy atom. The second kappa shape index (κ2) is 6.79. The minimum Gasteiger partial charge on any atom is -0.380 e. The van der Waals surface area contributed by atoms with Gasteiger partial charge in [0.1, 0.15) is 5.60 Å². The molecule has 2 aromatic heterocycles. The van der Waals surface area contributed by atoms with Crippen molar-refractivity contribution in [1.29, 1.82) is 0 Å². The fourth-order valence-corrected chi connectivity index (χ4v) is 5.37. The highest BCUT2D eigenvalue weighted by Gasteiger charge is 2.48. The lowest BCUT2D eigenvalue weighted by Crippen LogP contribution is -2.52. The maximum Gasteiger partial charge on any atom is 0.330 e. The van der Waals surface area contributed by atoms with Crippen LogP contribution in [0.2, 0.25) is 0 Å². The van der Waals surface area contributed by atoms with E-state index in [1.165, 1.54) is 5.57 Å². The Morgan fingerprint density at radius 3 is 2.61 bits per heavy atom. The number of amides is 1. The van der Waals surface area contributed by atoms with Gasteiger partial charge in [-0.15, -0.1) is 0 Å². The van der Waals surface area contributed by atoms with Crippen LogP contribution >= 0.6 is 0 Å². The van der Waals surface area contributed by atoms with Gasteiger partial charge in [0.2, 0.25) is 0 Å². The molecule has 2 unspecified atom stereocenters. The minimum absolute atomic E-state index is 0.00184. The van der Waals surface area contributed by atoms with E-state index in [4.69, 9.17) is 4.98 Å². The number of aliphatic hydroxyl groups is 1. The quantitative estimate of drug-likeness (QED) is 0.821. The summed E-state index contributed by atoms with van der Waals surface area (Å²) >= 11 is 0. The van der Waals surface area contributed by atoms with E-state index in [1.54, 1.807) is 11.6 Å². The summed E-state index contributed by atoms with van der Waals surface area (Å²) in [6, 6.07) is 4.04. The zero-order valence-electron chi connectivity index (χ0n) is 18.9. The molecule has 31 heavy (non-hydrogen) atoms. The molecule has 1 saturated heterocycles. The first-order valence-corrected chi connectivity index (χ1v) is 11.3. The molecule has 2 fully saturated rings. The highest BCUT2D eigenvalue weighted by Crippen LogP contribution is 2.43. The molecule has 0 radical (unpaired) electrons. The van der Waals surface area contributed by atoms with Crippen LogP contribution < -0.4 is 5.69 Å². The Hall–Kier alpha value is -2.41. The molecule has 1 aliphatic heterocycles. The van der Waals surface area contributed by atoms with Crippen LogP contribution in [0.4, 0.5) is 0 Å². The predicted molar refractivity (Wildman–Crippen MR) is 119 cm³/mol. The van der Waals surface area contributed by atoms with Gasteiger partial charge in [0.15, 0.2) is 5.65 Å². The summed E-state index contributed by atoms with van der Waals surface area (Å²) in [6.45, 7) is 8.40. The molecule has 2 aliphatic carbocycles. The van der Waals surface area contributed by atoms with E-state index in [1.807, 2.05) is 21.6 Å². The fraction of sp³-hybridized carbons (Fsp3) is 0.625. The number of hydrogen-bond acceptors (Lipinski definition) is 4. The van der Waals surface area contributed by atoms with E-state index < -0.39 is 5.60 Å². The van der Waals surface area contributed by atoms with E-state index in [2.05, 4.69) is 26.8 Å². The number of hydrogen-bond donors (Lipinski definition) is 1. The molecule has 5 rings (SSSR count). The van der Waals surface area contributed by atoms with Crippen LogP contribution in [0, 0.1) is 17.3 Å². The molecule has 2 atom stereocenters. The van der Waals surface area contributed by atoms with Crippen molar-refractivity contribution in [3.8, 4) is 0 Å². The standard InChI is InChI=1S/C24H32N4O3/c1-23(2,3)14-28-19-7-6-18(25-20(19)26(4)22(28)30)15-10-16-12-27(13-17(16)11-15)21(29)24(31)8-5-9-24/h6-7,10,16-17,31H,5,8-9,11-14H2,1-4H3. The smallest absolute Gasteiger partial charge is 0.330 e. The zero-order chi connectivity index (χ0) is 22.1. The molecule has 1 saturated carbocycles. The molecule has 166 valence electrons. The molecule has 3 aliphatic rings. The minimum atomic E-state index is -1.11. The number of fused-ring (bicyclic) bond motifs is 2. The Bertz CT molecular complexity index is 1150. The van der Waals surface area contributed by atoms with Gasteiger partial charge >= 0.3 is 5.69 Å². The normalized spacial score (nSPS) is 24.9. The van der Waals surface area contributed by atoms with Crippen LogP contribution in [0.1, 0.15) is 52.1 Å². The number of nitrogens with zero attached hydrogens (tertiary/aromatic N) is 4. The van der Waals surface area contributed by atoms with Gasteiger partial charge in [-0.1, -0.05) is 26.8 Å². The number of pyridine rings is 1. The first-order valence-electron chi connectivity index (χ1n) is 11.3. The van der Waals surface area contributed by atoms with Crippen LogP contribution in [0.25, 0.3) is 16.7 Å². The number of carbonyl (C=O) groups excluding carboxylic acids is 1. The van der Waals surface area contributed by atoms with E-state index >= 15 is 0 Å². The second-order valence-electron chi connectivity index (χ2n) is 10.9. The molecule has 1 N–H and O–H groups in total. The van der Waals surface area contributed by atoms with Crippen molar-refractivity contribution in [2.24, 2.45) is 24.3 Å². The van der Waals surface area contributed by atoms with E-state index in [-0.39, 0.29) is 17.0 Å². The van der Waals surface area contributed by atoms with Crippen molar-refractivity contribution < 1.29 is 9.90 Å². The van der Waals surface area contributed by atoms with Gasteiger partial charge in [-0.2, -0.15) is 0 Å². The van der Waals surface area contributed by atoms with Crippen molar-refractivity contribution in [2.45, 2.75) is 58.6 Å². The van der Waals surface area contributed by atoms with Gasteiger partial charge in [-0.25, -0.2) is 9.78 Å². The maximum atomic E-state index is 12.8. The second-order valence-corrected chi connectivity index (χ2v) is 10.9. The molecular formula is C24H32N4O3. The molecule has 3 heterocycles. The molecule has 1 amide bonds. The third kappa shape index (κ3) is 3.34. The molecule has 0 bridgehead atoms. The lowest BCUT2D eigenvalue weighted by atomic mass is 9.79. The summed E-state index contributed by atoms with van der Waals surface area (Å²) in [7, 11) is 1.78. The van der Waals surface area contributed by atoms with Gasteiger partial charge in [0.05, 0.1) is 11.2 Å². The van der Waals surface area contributed by atoms with Crippen molar-refractivity contribution in [2.75, 3.05) is 13.1 Å². The number of aryl methyl sites for hydroxylation is 1. The molecule has 2 aromatic rings. The molecule has 7 heteroatoms. The summed E-state index contributed by atoms with van der Waals surface area (Å²) in [5.41, 5.74) is 2.56. The van der Waals surface area contributed by atoms with Crippen LogP contribution in [-0.4, -0.2) is 48.7 Å². The van der Waals surface area contributed by atoms with Gasteiger partial charge in [0, 0.05) is 26.7 Å². The first kappa shape index (κ1) is 20.5. The molecule has 0 spiro atoms. The summed E-state index contributed by atoms with van der Waals surface area (Å²) < 4.78 is 3.46. The maximum absolute atomic E-state index is 12.8. The van der Waals surface area contributed by atoms with Gasteiger partial charge in [0.25, 0.3) is 5.91 Å². The average molecular weight is 425 g/mol. The van der Waals surface area contributed by atoms with Crippen molar-refractivity contribution >= 4 is 22.6 Å². The lowest BCUT2D eigenvalue weighted by molar-refractivity contribution is -0.159. The van der Waals surface area contributed by atoms with Gasteiger partial charge < -0.3 is 10.0 Å². The topological polar surface area (TPSA) is 80.4 Å². The zero-order valence-corrected chi connectivity index (χ0v) is 18.9. The van der Waals surface area contributed by atoms with Crippen molar-refractivity contribution in [3.05, 3.63) is 34.4 Å². The highest BCUT2D eigenvalue weighted by atomic mass is 16.3. The van der Waals surface area contributed by atoms with Gasteiger partial charge in [-0.05, 0) is 60.6 Å². The third-order valence-corrected chi connectivity index (χ3v) is 7.20. The van der Waals surface area contributed by atoms with Crippen LogP contribution in [-0.2, 0) is 18.4 Å². The SMILES string of the molecule is Cn1c(=O)n(CC(C)(C)C)c2ccc(C3=CC4CN(C(=O)C5(O)CCC5)CC4C3)nc21. The van der Waals surface area contributed by atoms with Crippen molar-refractivity contribution in [3.63, 3.8) is 0 Å². The monoisotopic (exact) mass is 424 g/mol. The highest BCUT2D eigenvalue weighted by molar-refractivity contribution is 5.86. The summed E-state index contributed by atoms with van der Waals surface area (Å²) in [5, 5.41) is 10.4. The number of likely N-dealkylation sites (tertiary alicyclic amines) is 1. The van der Waals surface area contributed by atoms with E-state index in [0.717, 1.165) is 24.1 Å². The lowest BCUT2D eigenvalue weighted by Gasteiger charge is -2.38. The Morgan fingerprint density at radius 2 is 2.00 bits per heavy atom. The Labute approximate surface area is 182 Å². The largest absolute Gasteiger partial charge is 0.380 e. The summed E-state index contributed by atoms with van der Waals surface area (Å²) in [6.07, 6.45) is 5.25. The molecule has 7 nitrogen and oxygen atoms in total. The van der Waals surface area contributed by atoms with E-state index in [0.29, 0.717) is 50.0 Å². The van der Waals surface area contributed by atoms with Crippen LogP contribution in [0.15, 0.2) is 23.0 Å². The Kier molecular flexibility index (Phi) is 4.49. The first-order chi connectivity index (χ1) is 14.6. The number of aromatic nitrogens is 3. The summed E-state index contributed by atoms with van der Waals surface area (Å²) in [5.74, 6) is 0.613. The fourth-order valence-electron chi connectivity index (χ4n) is 5.37. The predicted octanol–water partition coefficient (Wildman–Crippen LogP) is 2.56. The number of rotatable bonds is 3. The van der Waals surface area contributed by atoms with Crippen LogP contribution in [0.3, 0.4) is 0 Å². The number of allylic oxidation sites excluding steroid dienone is 1. The van der Waals surface area contributed by atoms with Gasteiger partial charge in [-0.3, -0.25) is 13.9 Å². The van der Waals surface area contributed by atoms with Crippen LogP contribution in [0.5, 0.6) is 0 Å². The third-order valence-electron chi connectivity index (χ3n) is 7.20. The molecule has 0 aromatic carbocycles. The number of carbonyl (C=O) groups is 1. The number of imidazole rings is 1. The average Bonchev–Trinajstić information content (AvgIpc) is 3.32. The van der Waals surface area contributed by atoms with Crippen molar-refractivity contribution in [1.82, 2.24) is 19.0 Å². The Balaban J connectivity index is 1.39. The van der Waals surface area contributed by atoms with E-state index in [9.17, 15) is 14.7 Å². The summed E-state index contributed by atoms with van der Waals surface area (Å²) in [4.78, 5) is 32.2.